The van der Waals surface area contributed by atoms with Gasteiger partial charge in [-0.15, -0.1) is 0 Å². The van der Waals surface area contributed by atoms with Gasteiger partial charge >= 0.3 is 0 Å². The van der Waals surface area contributed by atoms with Crippen LogP contribution in [0.1, 0.15) is 12.5 Å². The summed E-state index contributed by atoms with van der Waals surface area (Å²) in [4.78, 5) is 0. The van der Waals surface area contributed by atoms with E-state index in [1.54, 1.807) is 0 Å². The second-order valence-electron chi connectivity index (χ2n) is 4.32. The summed E-state index contributed by atoms with van der Waals surface area (Å²) in [5, 5.41) is 6.91. The van der Waals surface area contributed by atoms with Crippen LogP contribution in [0.2, 0.25) is 0 Å². The second-order valence-corrected chi connectivity index (χ2v) is 4.73. The molecule has 20 heavy (non-hydrogen) atoms. The van der Waals surface area contributed by atoms with Crippen molar-refractivity contribution in [3.8, 4) is 5.75 Å². The van der Waals surface area contributed by atoms with Crippen molar-refractivity contribution < 1.29 is 4.74 Å². The number of benzene rings is 2. The Kier molecular flexibility index (Phi) is 4.96. The highest BCUT2D eigenvalue weighted by molar-refractivity contribution is 7.80. The summed E-state index contributed by atoms with van der Waals surface area (Å²) < 4.78 is 5.56. The van der Waals surface area contributed by atoms with E-state index in [0.29, 0.717) is 11.7 Å². The minimum absolute atomic E-state index is 0.548. The number of para-hydroxylation sites is 3. The van der Waals surface area contributed by atoms with Crippen LogP contribution in [0.4, 0.5) is 11.4 Å². The number of thiocarbonyl (C=S) groups is 1. The quantitative estimate of drug-likeness (QED) is 0.825. The second kappa shape index (κ2) is 6.91. The Labute approximate surface area is 125 Å². The zero-order valence-electron chi connectivity index (χ0n) is 11.6. The molecule has 2 rings (SSSR count). The molecular formula is C16H18N2OS. The monoisotopic (exact) mass is 286 g/mol. The van der Waals surface area contributed by atoms with Gasteiger partial charge in [0.05, 0.1) is 12.3 Å². The highest BCUT2D eigenvalue weighted by Crippen LogP contribution is 2.24. The van der Waals surface area contributed by atoms with Gasteiger partial charge in [-0.05, 0) is 49.8 Å². The Morgan fingerprint density at radius 2 is 1.60 bits per heavy atom. The molecule has 0 aliphatic rings. The predicted molar refractivity (Wildman–Crippen MR) is 88.6 cm³/mol. The minimum atomic E-state index is 0.548. The van der Waals surface area contributed by atoms with E-state index in [0.717, 1.165) is 22.7 Å². The Hall–Kier alpha value is -2.07. The van der Waals surface area contributed by atoms with E-state index in [-0.39, 0.29) is 0 Å². The third-order valence-electron chi connectivity index (χ3n) is 2.83. The van der Waals surface area contributed by atoms with E-state index in [2.05, 4.69) is 10.6 Å². The molecular weight excluding hydrogens is 268 g/mol. The normalized spacial score (nSPS) is 9.90. The average Bonchev–Trinajstić information content (AvgIpc) is 2.44. The molecule has 0 aliphatic carbocycles. The molecule has 104 valence electrons. The van der Waals surface area contributed by atoms with Gasteiger partial charge in [0.1, 0.15) is 5.75 Å². The molecule has 4 heteroatoms. The summed E-state index contributed by atoms with van der Waals surface area (Å²) in [7, 11) is 0. The summed E-state index contributed by atoms with van der Waals surface area (Å²) >= 11 is 5.34. The lowest BCUT2D eigenvalue weighted by atomic mass is 10.2. The van der Waals surface area contributed by atoms with Crippen molar-refractivity contribution in [1.82, 2.24) is 0 Å². The van der Waals surface area contributed by atoms with Gasteiger partial charge < -0.3 is 15.4 Å². The van der Waals surface area contributed by atoms with Crippen molar-refractivity contribution in [1.29, 1.82) is 0 Å². The summed E-state index contributed by atoms with van der Waals surface area (Å²) in [5.74, 6) is 0.795. The van der Waals surface area contributed by atoms with Gasteiger partial charge in [0.25, 0.3) is 0 Å². The van der Waals surface area contributed by atoms with Crippen LogP contribution in [-0.4, -0.2) is 11.7 Å². The fourth-order valence-corrected chi connectivity index (χ4v) is 2.06. The van der Waals surface area contributed by atoms with Crippen LogP contribution in [0.15, 0.2) is 48.5 Å². The van der Waals surface area contributed by atoms with Crippen LogP contribution >= 0.6 is 12.2 Å². The molecule has 0 aromatic heterocycles. The molecule has 0 amide bonds. The largest absolute Gasteiger partial charge is 0.492 e. The highest BCUT2D eigenvalue weighted by atomic mass is 32.1. The first-order chi connectivity index (χ1) is 9.70. The van der Waals surface area contributed by atoms with Crippen LogP contribution in [0.5, 0.6) is 5.75 Å². The molecule has 0 bridgehead atoms. The molecule has 0 aliphatic heterocycles. The number of hydrogen-bond acceptors (Lipinski definition) is 2. The Morgan fingerprint density at radius 3 is 2.30 bits per heavy atom. The summed E-state index contributed by atoms with van der Waals surface area (Å²) in [6.45, 7) is 4.62. The number of ether oxygens (including phenoxy) is 1. The highest BCUT2D eigenvalue weighted by Gasteiger charge is 2.05. The number of rotatable bonds is 4. The van der Waals surface area contributed by atoms with E-state index in [1.165, 1.54) is 0 Å². The van der Waals surface area contributed by atoms with Gasteiger partial charge in [-0.1, -0.05) is 30.3 Å². The van der Waals surface area contributed by atoms with Crippen LogP contribution < -0.4 is 15.4 Å². The standard InChI is InChI=1S/C16H18N2OS/c1-3-19-15-11-7-6-10-14(15)18-16(20)17-13-9-5-4-8-12(13)2/h4-11H,3H2,1-2H3,(H2,17,18,20). The fraction of sp³-hybridized carbons (Fsp3) is 0.188. The topological polar surface area (TPSA) is 33.3 Å². The molecule has 0 saturated carbocycles. The minimum Gasteiger partial charge on any atom is -0.492 e. The van der Waals surface area contributed by atoms with E-state index in [9.17, 15) is 0 Å². The zero-order valence-corrected chi connectivity index (χ0v) is 12.5. The van der Waals surface area contributed by atoms with Gasteiger partial charge in [-0.2, -0.15) is 0 Å². The van der Waals surface area contributed by atoms with E-state index >= 15 is 0 Å². The average molecular weight is 286 g/mol. The number of aryl methyl sites for hydroxylation is 1. The van der Waals surface area contributed by atoms with Crippen LogP contribution in [0.25, 0.3) is 0 Å². The van der Waals surface area contributed by atoms with Gasteiger partial charge in [-0.3, -0.25) is 0 Å². The van der Waals surface area contributed by atoms with Crippen LogP contribution in [-0.2, 0) is 0 Å². The summed E-state index contributed by atoms with van der Waals surface area (Å²) in [5.41, 5.74) is 3.01. The Balaban J connectivity index is 2.07. The molecule has 0 saturated heterocycles. The van der Waals surface area contributed by atoms with Gasteiger partial charge in [-0.25, -0.2) is 0 Å². The van der Waals surface area contributed by atoms with E-state index in [4.69, 9.17) is 17.0 Å². The molecule has 0 fully saturated rings. The van der Waals surface area contributed by atoms with Crippen LogP contribution in [0, 0.1) is 6.92 Å². The van der Waals surface area contributed by atoms with E-state index < -0.39 is 0 Å². The lowest BCUT2D eigenvalue weighted by molar-refractivity contribution is 0.342. The Bertz CT molecular complexity index is 599. The molecule has 0 unspecified atom stereocenters. The summed E-state index contributed by atoms with van der Waals surface area (Å²) in [6, 6.07) is 15.8. The summed E-state index contributed by atoms with van der Waals surface area (Å²) in [6.07, 6.45) is 0. The lowest BCUT2D eigenvalue weighted by Crippen LogP contribution is -2.20. The number of nitrogens with one attached hydrogen (secondary N) is 2. The van der Waals surface area contributed by atoms with E-state index in [1.807, 2.05) is 62.4 Å². The molecule has 2 aromatic carbocycles. The van der Waals surface area contributed by atoms with Gasteiger partial charge in [0, 0.05) is 5.69 Å². The third-order valence-corrected chi connectivity index (χ3v) is 3.03. The first kappa shape index (κ1) is 14.3. The molecule has 0 radical (unpaired) electrons. The van der Waals surface area contributed by atoms with Crippen molar-refractivity contribution in [2.24, 2.45) is 0 Å². The zero-order chi connectivity index (χ0) is 14.4. The molecule has 0 heterocycles. The fourth-order valence-electron chi connectivity index (χ4n) is 1.84. The predicted octanol–water partition coefficient (Wildman–Crippen LogP) is 4.20. The Morgan fingerprint density at radius 1 is 1.00 bits per heavy atom. The molecule has 3 nitrogen and oxygen atoms in total. The molecule has 0 atom stereocenters. The SMILES string of the molecule is CCOc1ccccc1NC(=S)Nc1ccccc1C. The van der Waals surface area contributed by atoms with Crippen molar-refractivity contribution in [2.45, 2.75) is 13.8 Å². The van der Waals surface area contributed by atoms with Crippen molar-refractivity contribution >= 4 is 28.7 Å². The maximum Gasteiger partial charge on any atom is 0.175 e. The van der Waals surface area contributed by atoms with Crippen molar-refractivity contribution in [2.75, 3.05) is 17.2 Å². The third kappa shape index (κ3) is 3.71. The maximum atomic E-state index is 5.56. The van der Waals surface area contributed by atoms with Gasteiger partial charge in [0.2, 0.25) is 0 Å². The van der Waals surface area contributed by atoms with Crippen molar-refractivity contribution in [3.63, 3.8) is 0 Å². The first-order valence-electron chi connectivity index (χ1n) is 6.56. The van der Waals surface area contributed by atoms with Crippen LogP contribution in [0.3, 0.4) is 0 Å². The lowest BCUT2D eigenvalue weighted by Gasteiger charge is -2.15. The molecule has 2 aromatic rings. The smallest absolute Gasteiger partial charge is 0.175 e. The first-order valence-corrected chi connectivity index (χ1v) is 6.97. The maximum absolute atomic E-state index is 5.56. The number of hydrogen-bond donors (Lipinski definition) is 2. The number of anilines is 2. The van der Waals surface area contributed by atoms with Crippen molar-refractivity contribution in [3.05, 3.63) is 54.1 Å². The van der Waals surface area contributed by atoms with Gasteiger partial charge in [0.15, 0.2) is 5.11 Å². The molecule has 0 spiro atoms. The molecule has 2 N–H and O–H groups in total.